The summed E-state index contributed by atoms with van der Waals surface area (Å²) in [5.41, 5.74) is 12.5. The van der Waals surface area contributed by atoms with Gasteiger partial charge >= 0.3 is 0 Å². The van der Waals surface area contributed by atoms with Crippen molar-refractivity contribution < 1.29 is 11.0 Å². The molecular formula is C35H50N4O2. The van der Waals surface area contributed by atoms with Gasteiger partial charge in [0.05, 0.1) is 17.3 Å². The monoisotopic (exact) mass is 558 g/mol. The van der Waals surface area contributed by atoms with Crippen LogP contribution in [-0.4, -0.2) is 43.4 Å². The average Bonchev–Trinajstić information content (AvgIpc) is 2.98. The van der Waals surface area contributed by atoms with Gasteiger partial charge in [-0.15, -0.1) is 0 Å². The Hall–Kier alpha value is -3.69. The molecule has 2 aliphatic rings. The van der Waals surface area contributed by atoms with Gasteiger partial charge in [-0.05, 0) is 91.8 Å². The second kappa shape index (κ2) is 17.2. The minimum Gasteiger partial charge on any atom is -0.385 e. The van der Waals surface area contributed by atoms with Crippen molar-refractivity contribution in [1.82, 2.24) is 4.90 Å². The van der Waals surface area contributed by atoms with Gasteiger partial charge in [-0.25, -0.2) is 4.99 Å². The van der Waals surface area contributed by atoms with Crippen LogP contribution in [-0.2, 0) is 4.74 Å². The third kappa shape index (κ3) is 9.16. The van der Waals surface area contributed by atoms with E-state index in [0.29, 0.717) is 47.6 Å². The number of benzene rings is 2. The third-order valence-electron chi connectivity index (χ3n) is 7.65. The van der Waals surface area contributed by atoms with Gasteiger partial charge in [0.2, 0.25) is 0 Å². The molecule has 1 amide bonds. The summed E-state index contributed by atoms with van der Waals surface area (Å²) in [6.45, 7) is 18.0. The van der Waals surface area contributed by atoms with Crippen LogP contribution >= 0.6 is 0 Å². The molecule has 1 aliphatic heterocycles. The fourth-order valence-corrected chi connectivity index (χ4v) is 5.12. The predicted octanol–water partition coefficient (Wildman–Crippen LogP) is 7.87. The summed E-state index contributed by atoms with van der Waals surface area (Å²) in [6.07, 6.45) is 8.01. The molecule has 6 nitrogen and oxygen atoms in total. The first-order chi connectivity index (χ1) is 19.8. The zero-order valence-corrected chi connectivity index (χ0v) is 25.7. The Morgan fingerprint density at radius 2 is 1.78 bits per heavy atom. The van der Waals surface area contributed by atoms with Crippen LogP contribution < -0.4 is 5.73 Å². The Labute approximate surface area is 249 Å². The van der Waals surface area contributed by atoms with Gasteiger partial charge in [-0.2, -0.15) is 5.26 Å². The van der Waals surface area contributed by atoms with Crippen molar-refractivity contribution in [2.24, 2.45) is 10.7 Å². The van der Waals surface area contributed by atoms with Crippen molar-refractivity contribution in [2.75, 3.05) is 26.8 Å². The van der Waals surface area contributed by atoms with Crippen molar-refractivity contribution in [2.45, 2.75) is 78.1 Å². The molecule has 2 N–H and O–H groups in total. The Balaban J connectivity index is 0.000000999. The average molecular weight is 559 g/mol. The lowest BCUT2D eigenvalue weighted by molar-refractivity contribution is 0.0712. The molecule has 0 aromatic heterocycles. The van der Waals surface area contributed by atoms with E-state index in [0.717, 1.165) is 49.8 Å². The second-order valence-corrected chi connectivity index (χ2v) is 10.4. The number of hydrogen-bond acceptors (Lipinski definition) is 4. The maximum atomic E-state index is 13.5. The number of likely N-dealkylation sites (tertiary alicyclic amines) is 1. The fraction of sp³-hybridized carbons (Fsp3) is 0.457. The van der Waals surface area contributed by atoms with Crippen LogP contribution in [0.4, 0.5) is 0 Å². The lowest BCUT2D eigenvalue weighted by atomic mass is 9.77. The number of amides is 1. The molecule has 0 spiro atoms. The van der Waals surface area contributed by atoms with E-state index in [9.17, 15) is 4.79 Å². The molecule has 1 heterocycles. The first-order valence-electron chi connectivity index (χ1n) is 14.9. The molecule has 222 valence electrons. The smallest absolute Gasteiger partial charge is 0.254 e. The van der Waals surface area contributed by atoms with Crippen molar-refractivity contribution in [3.05, 3.63) is 94.7 Å². The summed E-state index contributed by atoms with van der Waals surface area (Å²) >= 11 is 0. The van der Waals surface area contributed by atoms with E-state index < -0.39 is 0 Å². The molecule has 1 saturated heterocycles. The SMILES string of the molecule is C=CC(=C)N=C(N)c1cc(C(=O)N2CCC(c3ccc(C#N)cc3)CC2)c(C)cc1C1CCC1.CC.CCCOC.[HH]. The Kier molecular flexibility index (Phi) is 14.1. The maximum Gasteiger partial charge on any atom is 0.254 e. The van der Waals surface area contributed by atoms with E-state index in [1.165, 1.54) is 17.5 Å². The molecule has 0 radical (unpaired) electrons. The van der Waals surface area contributed by atoms with Gasteiger partial charge in [0.15, 0.2) is 0 Å². The van der Waals surface area contributed by atoms with Crippen molar-refractivity contribution in [3.8, 4) is 6.07 Å². The molecular weight excluding hydrogens is 508 g/mol. The predicted molar refractivity (Wildman–Crippen MR) is 172 cm³/mol. The number of methoxy groups -OCH3 is 1. The lowest BCUT2D eigenvalue weighted by Crippen LogP contribution is -2.38. The Bertz CT molecular complexity index is 1230. The number of nitrogens with two attached hydrogens (primary N) is 1. The molecule has 2 fully saturated rings. The number of allylic oxidation sites excluding steroid dienone is 1. The molecule has 0 atom stereocenters. The van der Waals surface area contributed by atoms with E-state index in [-0.39, 0.29) is 7.33 Å². The quantitative estimate of drug-likeness (QED) is 0.203. The third-order valence-corrected chi connectivity index (χ3v) is 7.65. The number of carbonyl (C=O) groups is 1. The molecule has 2 aromatic carbocycles. The van der Waals surface area contributed by atoms with Gasteiger partial charge in [0, 0.05) is 39.4 Å². The summed E-state index contributed by atoms with van der Waals surface area (Å²) < 4.78 is 4.69. The number of aryl methyl sites for hydroxylation is 1. The normalized spacial score (nSPS) is 15.3. The number of aliphatic imine (C=N–C) groups is 1. The van der Waals surface area contributed by atoms with Crippen LogP contribution in [0, 0.1) is 18.3 Å². The van der Waals surface area contributed by atoms with Crippen LogP contribution in [0.3, 0.4) is 0 Å². The number of piperidine rings is 1. The van der Waals surface area contributed by atoms with Crippen molar-refractivity contribution in [3.63, 3.8) is 0 Å². The van der Waals surface area contributed by atoms with Crippen LogP contribution in [0.15, 0.2) is 66.3 Å². The number of ether oxygens (including phenoxy) is 1. The molecule has 0 unspecified atom stereocenters. The van der Waals surface area contributed by atoms with Crippen LogP contribution in [0.1, 0.15) is 111 Å². The molecule has 1 saturated carbocycles. The molecule has 41 heavy (non-hydrogen) atoms. The summed E-state index contributed by atoms with van der Waals surface area (Å²) in [4.78, 5) is 19.9. The topological polar surface area (TPSA) is 91.7 Å². The van der Waals surface area contributed by atoms with Crippen LogP contribution in [0.25, 0.3) is 0 Å². The largest absolute Gasteiger partial charge is 0.385 e. The summed E-state index contributed by atoms with van der Waals surface area (Å²) in [7, 11) is 1.71. The first kappa shape index (κ1) is 33.5. The number of rotatable bonds is 8. The van der Waals surface area contributed by atoms with Gasteiger partial charge < -0.3 is 15.4 Å². The van der Waals surface area contributed by atoms with Crippen LogP contribution in [0.2, 0.25) is 0 Å². The van der Waals surface area contributed by atoms with Crippen LogP contribution in [0.5, 0.6) is 0 Å². The number of nitriles is 1. The van der Waals surface area contributed by atoms with E-state index in [2.05, 4.69) is 37.2 Å². The zero-order valence-electron chi connectivity index (χ0n) is 25.7. The van der Waals surface area contributed by atoms with Crippen molar-refractivity contribution in [1.29, 1.82) is 5.26 Å². The van der Waals surface area contributed by atoms with Gasteiger partial charge in [0.25, 0.3) is 5.91 Å². The second-order valence-electron chi connectivity index (χ2n) is 10.4. The van der Waals surface area contributed by atoms with E-state index in [1.807, 2.05) is 56.0 Å². The molecule has 4 rings (SSSR count). The summed E-state index contributed by atoms with van der Waals surface area (Å²) in [6, 6.07) is 14.1. The highest BCUT2D eigenvalue weighted by Crippen LogP contribution is 2.39. The maximum absolute atomic E-state index is 13.5. The van der Waals surface area contributed by atoms with E-state index in [4.69, 9.17) is 15.7 Å². The number of amidine groups is 1. The zero-order chi connectivity index (χ0) is 30.4. The number of carbonyl (C=O) groups excluding carboxylic acids is 1. The minimum atomic E-state index is 0. The highest BCUT2D eigenvalue weighted by atomic mass is 16.5. The summed E-state index contributed by atoms with van der Waals surface area (Å²) in [5.74, 6) is 1.31. The molecule has 6 heteroatoms. The number of hydrogen-bond donors (Lipinski definition) is 1. The lowest BCUT2D eigenvalue weighted by Gasteiger charge is -2.33. The minimum absolute atomic E-state index is 0. The molecule has 0 bridgehead atoms. The van der Waals surface area contributed by atoms with E-state index >= 15 is 0 Å². The molecule has 2 aromatic rings. The number of nitrogens with zero attached hydrogens (tertiary/aromatic N) is 3. The fourth-order valence-electron chi connectivity index (χ4n) is 5.12. The highest BCUT2D eigenvalue weighted by molar-refractivity contribution is 6.04. The standard InChI is InChI=1S/C29H32N4O.C4H10O.C2H6.H2/c1-4-20(3)32-28(31)27-17-25(19(2)16-26(27)24-6-5-7-24)29(34)33-14-12-23(13-15-33)22-10-8-21(18-30)9-11-22;1-3-4-5-2;1-2;/h4,8-11,16-17,23-24H,1,3,5-7,12-15H2,2H3,(H2,31,32);3-4H2,1-2H3;1-2H3;1H. The highest BCUT2D eigenvalue weighted by Gasteiger charge is 2.29. The van der Waals surface area contributed by atoms with Gasteiger partial charge in [-0.3, -0.25) is 4.79 Å². The van der Waals surface area contributed by atoms with Gasteiger partial charge in [-0.1, -0.05) is 58.5 Å². The van der Waals surface area contributed by atoms with Crippen molar-refractivity contribution >= 4 is 11.7 Å². The van der Waals surface area contributed by atoms with Gasteiger partial charge in [0.1, 0.15) is 5.84 Å². The summed E-state index contributed by atoms with van der Waals surface area (Å²) in [5, 5.41) is 9.02. The van der Waals surface area contributed by atoms with E-state index in [1.54, 1.807) is 13.2 Å². The molecule has 1 aliphatic carbocycles. The Morgan fingerprint density at radius 1 is 1.15 bits per heavy atom. The first-order valence-corrected chi connectivity index (χ1v) is 14.9. The Morgan fingerprint density at radius 3 is 2.24 bits per heavy atom.